The Morgan fingerprint density at radius 1 is 1.03 bits per heavy atom. The van der Waals surface area contributed by atoms with Crippen LogP contribution in [0, 0.1) is 29.6 Å². The van der Waals surface area contributed by atoms with E-state index in [0.29, 0.717) is 22.6 Å². The van der Waals surface area contributed by atoms with Crippen molar-refractivity contribution in [1.29, 1.82) is 10.5 Å². The third-order valence-corrected chi connectivity index (χ3v) is 5.87. The van der Waals surface area contributed by atoms with Crippen molar-refractivity contribution in [2.24, 2.45) is 0 Å². The number of benzene rings is 1. The van der Waals surface area contributed by atoms with Crippen LogP contribution in [-0.4, -0.2) is 27.9 Å². The van der Waals surface area contributed by atoms with Crippen LogP contribution in [-0.2, 0) is 5.41 Å². The average Bonchev–Trinajstić information content (AvgIpc) is 2.88. The van der Waals surface area contributed by atoms with Crippen LogP contribution in [0.15, 0.2) is 55.0 Å². The van der Waals surface area contributed by atoms with Crippen molar-refractivity contribution in [1.82, 2.24) is 15.0 Å². The molecular weight excluding hydrogens is 438 g/mol. The summed E-state index contributed by atoms with van der Waals surface area (Å²) in [6.07, 6.45) is 4.93. The Hall–Kier alpha value is -4.82. The number of nitrogens with zero attached hydrogens (tertiary/aromatic N) is 5. The molecule has 1 aromatic carbocycles. The zero-order valence-electron chi connectivity index (χ0n) is 19.8. The zero-order valence-corrected chi connectivity index (χ0v) is 19.8. The molecule has 0 saturated carbocycles. The molecule has 0 aliphatic rings. The molecule has 0 unspecified atom stereocenters. The third-order valence-electron chi connectivity index (χ3n) is 5.87. The number of rotatable bonds is 5. The lowest BCUT2D eigenvalue weighted by Gasteiger charge is -2.16. The number of aryl methyl sites for hydroxylation is 1. The number of carbonyl (C=O) groups is 1. The van der Waals surface area contributed by atoms with Crippen LogP contribution in [0.3, 0.4) is 0 Å². The molecule has 8 nitrogen and oxygen atoms in total. The maximum atomic E-state index is 12.9. The second-order valence-electron chi connectivity index (χ2n) is 8.66. The van der Waals surface area contributed by atoms with E-state index in [1.807, 2.05) is 31.2 Å². The number of aromatic nitrogens is 3. The standard InChI is InChI=1S/C27H23N7O/c1-16-5-6-20(34-26(35)23-10-19(7-8-31-23)27(2,3)15-29)11-21(16)17-9-18-14-33-25(30-4)22(12-28)24(18)32-13-17/h5-11,13-14H,1-4H3,(H,30,33)(H,34,35). The van der Waals surface area contributed by atoms with Crippen LogP contribution in [0.25, 0.3) is 22.0 Å². The van der Waals surface area contributed by atoms with Crippen LogP contribution in [0.4, 0.5) is 11.5 Å². The lowest BCUT2D eigenvalue weighted by Crippen LogP contribution is -2.18. The Bertz CT molecular complexity index is 1540. The molecule has 0 fully saturated rings. The van der Waals surface area contributed by atoms with Gasteiger partial charge in [-0.1, -0.05) is 6.07 Å². The van der Waals surface area contributed by atoms with Gasteiger partial charge in [0.05, 0.1) is 17.0 Å². The molecule has 0 aliphatic heterocycles. The van der Waals surface area contributed by atoms with E-state index in [-0.39, 0.29) is 11.6 Å². The van der Waals surface area contributed by atoms with E-state index >= 15 is 0 Å². The predicted octanol–water partition coefficient (Wildman–Crippen LogP) is 4.97. The molecule has 0 radical (unpaired) electrons. The highest BCUT2D eigenvalue weighted by Crippen LogP contribution is 2.30. The minimum Gasteiger partial charge on any atom is -0.372 e. The van der Waals surface area contributed by atoms with E-state index in [1.54, 1.807) is 45.4 Å². The van der Waals surface area contributed by atoms with Gasteiger partial charge in [-0.15, -0.1) is 0 Å². The Labute approximate surface area is 203 Å². The van der Waals surface area contributed by atoms with Crippen LogP contribution in [0.5, 0.6) is 0 Å². The molecule has 4 rings (SSSR count). The predicted molar refractivity (Wildman–Crippen MR) is 135 cm³/mol. The van der Waals surface area contributed by atoms with E-state index in [9.17, 15) is 15.3 Å². The average molecular weight is 462 g/mol. The Kier molecular flexibility index (Phi) is 6.14. The van der Waals surface area contributed by atoms with Crippen molar-refractivity contribution in [2.45, 2.75) is 26.2 Å². The molecule has 3 heterocycles. The van der Waals surface area contributed by atoms with Crippen molar-refractivity contribution in [2.75, 3.05) is 17.7 Å². The summed E-state index contributed by atoms with van der Waals surface area (Å²) in [5, 5.41) is 25.5. The number of hydrogen-bond donors (Lipinski definition) is 2. The SMILES string of the molecule is CNc1ncc2cc(-c3cc(NC(=O)c4cc(C(C)(C)C#N)ccn4)ccc3C)cnc2c1C#N. The van der Waals surface area contributed by atoms with Gasteiger partial charge in [-0.05, 0) is 67.8 Å². The highest BCUT2D eigenvalue weighted by molar-refractivity contribution is 6.03. The van der Waals surface area contributed by atoms with Crippen molar-refractivity contribution in [3.8, 4) is 23.3 Å². The first-order valence-electron chi connectivity index (χ1n) is 10.9. The summed E-state index contributed by atoms with van der Waals surface area (Å²) in [6, 6.07) is 15.3. The first-order chi connectivity index (χ1) is 16.8. The maximum absolute atomic E-state index is 12.9. The highest BCUT2D eigenvalue weighted by Gasteiger charge is 2.21. The van der Waals surface area contributed by atoms with E-state index < -0.39 is 5.41 Å². The van der Waals surface area contributed by atoms with Gasteiger partial charge in [0.1, 0.15) is 23.1 Å². The molecule has 172 valence electrons. The molecule has 3 aromatic heterocycles. The number of fused-ring (bicyclic) bond motifs is 1. The summed E-state index contributed by atoms with van der Waals surface area (Å²) in [5.74, 6) is 0.117. The molecular formula is C27H23N7O. The third kappa shape index (κ3) is 4.50. The molecule has 4 aromatic rings. The van der Waals surface area contributed by atoms with Gasteiger partial charge >= 0.3 is 0 Å². The number of anilines is 2. The van der Waals surface area contributed by atoms with Gasteiger partial charge in [0.2, 0.25) is 0 Å². The summed E-state index contributed by atoms with van der Waals surface area (Å²) < 4.78 is 0. The quantitative estimate of drug-likeness (QED) is 0.429. The number of nitriles is 2. The van der Waals surface area contributed by atoms with E-state index in [4.69, 9.17) is 0 Å². The lowest BCUT2D eigenvalue weighted by molar-refractivity contribution is 0.102. The Balaban J connectivity index is 1.67. The lowest BCUT2D eigenvalue weighted by atomic mass is 9.86. The van der Waals surface area contributed by atoms with Crippen LogP contribution in [0.1, 0.15) is 41.0 Å². The number of amides is 1. The van der Waals surface area contributed by atoms with Gasteiger partial charge < -0.3 is 10.6 Å². The maximum Gasteiger partial charge on any atom is 0.274 e. The van der Waals surface area contributed by atoms with Crippen LogP contribution < -0.4 is 10.6 Å². The summed E-state index contributed by atoms with van der Waals surface area (Å²) >= 11 is 0. The van der Waals surface area contributed by atoms with Crippen molar-refractivity contribution < 1.29 is 4.79 Å². The number of nitrogens with one attached hydrogen (secondary N) is 2. The topological polar surface area (TPSA) is 127 Å². The van der Waals surface area contributed by atoms with Gasteiger partial charge in [-0.2, -0.15) is 10.5 Å². The van der Waals surface area contributed by atoms with Crippen LogP contribution >= 0.6 is 0 Å². The molecule has 0 spiro atoms. The molecule has 0 bridgehead atoms. The minimum atomic E-state index is -0.730. The Morgan fingerprint density at radius 2 is 1.83 bits per heavy atom. The molecule has 2 N–H and O–H groups in total. The monoisotopic (exact) mass is 461 g/mol. The smallest absolute Gasteiger partial charge is 0.274 e. The first-order valence-corrected chi connectivity index (χ1v) is 10.9. The summed E-state index contributed by atoms with van der Waals surface area (Å²) in [6.45, 7) is 5.56. The van der Waals surface area contributed by atoms with E-state index in [0.717, 1.165) is 27.6 Å². The largest absolute Gasteiger partial charge is 0.372 e. The number of pyridine rings is 3. The molecule has 0 atom stereocenters. The normalized spacial score (nSPS) is 10.9. The highest BCUT2D eigenvalue weighted by atomic mass is 16.1. The Morgan fingerprint density at radius 3 is 2.54 bits per heavy atom. The molecule has 0 aliphatic carbocycles. The van der Waals surface area contributed by atoms with Crippen LogP contribution in [0.2, 0.25) is 0 Å². The van der Waals surface area contributed by atoms with Crippen molar-refractivity contribution >= 4 is 28.3 Å². The van der Waals surface area contributed by atoms with Crippen molar-refractivity contribution in [3.63, 3.8) is 0 Å². The van der Waals surface area contributed by atoms with Gasteiger partial charge in [0.15, 0.2) is 0 Å². The second-order valence-corrected chi connectivity index (χ2v) is 8.66. The van der Waals surface area contributed by atoms with Crippen molar-refractivity contribution in [3.05, 3.63) is 77.4 Å². The molecule has 0 saturated heterocycles. The minimum absolute atomic E-state index is 0.232. The summed E-state index contributed by atoms with van der Waals surface area (Å²) in [7, 11) is 1.71. The molecule has 35 heavy (non-hydrogen) atoms. The number of carbonyl (C=O) groups excluding carboxylic acids is 1. The van der Waals surface area contributed by atoms with E-state index in [1.165, 1.54) is 6.20 Å². The molecule has 8 heteroatoms. The fourth-order valence-electron chi connectivity index (χ4n) is 3.76. The van der Waals surface area contributed by atoms with Gasteiger partial charge in [-0.3, -0.25) is 14.8 Å². The fraction of sp³-hybridized carbons (Fsp3) is 0.185. The fourth-order valence-corrected chi connectivity index (χ4v) is 3.76. The zero-order chi connectivity index (χ0) is 25.2. The first kappa shape index (κ1) is 23.3. The van der Waals surface area contributed by atoms with Gasteiger partial charge in [-0.25, -0.2) is 4.98 Å². The second kappa shape index (κ2) is 9.20. The van der Waals surface area contributed by atoms with Gasteiger partial charge in [0.25, 0.3) is 5.91 Å². The van der Waals surface area contributed by atoms with Gasteiger partial charge in [0, 0.05) is 42.3 Å². The number of hydrogen-bond acceptors (Lipinski definition) is 7. The summed E-state index contributed by atoms with van der Waals surface area (Å²) in [4.78, 5) is 25.9. The molecule has 1 amide bonds. The summed E-state index contributed by atoms with van der Waals surface area (Å²) in [5.41, 5.74) is 4.52. The van der Waals surface area contributed by atoms with E-state index in [2.05, 4.69) is 37.7 Å².